The van der Waals surface area contributed by atoms with Crippen molar-refractivity contribution in [2.45, 2.75) is 110 Å². The Kier molecular flexibility index (Phi) is 9.44. The van der Waals surface area contributed by atoms with Gasteiger partial charge in [0.15, 0.2) is 5.79 Å². The molecule has 168 valence electrons. The van der Waals surface area contributed by atoms with E-state index in [0.717, 1.165) is 44.9 Å². The van der Waals surface area contributed by atoms with Crippen molar-refractivity contribution < 1.29 is 14.6 Å². The summed E-state index contributed by atoms with van der Waals surface area (Å²) in [6.45, 7) is 18.9. The molecule has 9 atom stereocenters. The summed E-state index contributed by atoms with van der Waals surface area (Å²) in [5.41, 5.74) is 0. The van der Waals surface area contributed by atoms with Crippen LogP contribution < -0.4 is 0 Å². The predicted octanol–water partition coefficient (Wildman–Crippen LogP) is 6.51. The molecule has 0 bridgehead atoms. The first-order valence-electron chi connectivity index (χ1n) is 12.0. The van der Waals surface area contributed by atoms with E-state index in [1.807, 2.05) is 19.1 Å². The van der Waals surface area contributed by atoms with E-state index >= 15 is 0 Å². The van der Waals surface area contributed by atoms with Gasteiger partial charge < -0.3 is 14.6 Å². The molecule has 2 rings (SSSR count). The molecule has 3 nitrogen and oxygen atoms in total. The van der Waals surface area contributed by atoms with Crippen LogP contribution in [0.3, 0.4) is 0 Å². The van der Waals surface area contributed by atoms with Gasteiger partial charge in [-0.15, -0.1) is 13.2 Å². The van der Waals surface area contributed by atoms with E-state index in [4.69, 9.17) is 9.47 Å². The fourth-order valence-electron chi connectivity index (χ4n) is 4.97. The molecule has 2 fully saturated rings. The highest BCUT2D eigenvalue weighted by Gasteiger charge is 2.47. The monoisotopic (exact) mass is 406 g/mol. The van der Waals surface area contributed by atoms with Gasteiger partial charge in [0.2, 0.25) is 0 Å². The molecule has 0 aromatic heterocycles. The van der Waals surface area contributed by atoms with Gasteiger partial charge in [-0.05, 0) is 68.1 Å². The van der Waals surface area contributed by atoms with Crippen molar-refractivity contribution in [3.05, 3.63) is 25.3 Å². The zero-order valence-corrected chi connectivity index (χ0v) is 19.6. The average Bonchev–Trinajstić information content (AvgIpc) is 2.73. The average molecular weight is 407 g/mol. The van der Waals surface area contributed by atoms with Gasteiger partial charge in [0, 0.05) is 12.8 Å². The first kappa shape index (κ1) is 24.6. The first-order valence-corrected chi connectivity index (χ1v) is 12.0. The molecule has 2 aliphatic heterocycles. The van der Waals surface area contributed by atoms with Crippen LogP contribution in [0.2, 0.25) is 0 Å². The van der Waals surface area contributed by atoms with Crippen molar-refractivity contribution in [3.8, 4) is 0 Å². The van der Waals surface area contributed by atoms with E-state index in [1.54, 1.807) is 0 Å². The Labute approximate surface area is 179 Å². The van der Waals surface area contributed by atoms with Crippen molar-refractivity contribution in [2.24, 2.45) is 29.6 Å². The third-order valence-corrected chi connectivity index (χ3v) is 7.64. The molecule has 0 unspecified atom stereocenters. The smallest absolute Gasteiger partial charge is 0.169 e. The van der Waals surface area contributed by atoms with Crippen LogP contribution in [0.5, 0.6) is 0 Å². The molecule has 3 heteroatoms. The van der Waals surface area contributed by atoms with Crippen LogP contribution in [0.15, 0.2) is 25.3 Å². The second-order valence-electron chi connectivity index (χ2n) is 10.2. The standard InChI is InChI=1S/C26H46O3/c1-8-18(3)10-13-24-20(5)14-16-26(28-24)17-15-22(7)25(29-26)21(6)11-12-23(27)19(4)9-2/h8-9,18-25,27H,1-2,10-17H2,3-7H3/t18-,19-,20-,21-,22+,23+,24+,25+,26-/m1/s1. The molecule has 0 aromatic rings. The van der Waals surface area contributed by atoms with E-state index in [0.29, 0.717) is 23.7 Å². The second kappa shape index (κ2) is 11.1. The lowest BCUT2D eigenvalue weighted by atomic mass is 9.79. The second-order valence-corrected chi connectivity index (χ2v) is 10.2. The van der Waals surface area contributed by atoms with Gasteiger partial charge in [-0.3, -0.25) is 0 Å². The van der Waals surface area contributed by atoms with Crippen molar-refractivity contribution in [1.29, 1.82) is 0 Å². The van der Waals surface area contributed by atoms with Crippen LogP contribution in [-0.4, -0.2) is 29.2 Å². The zero-order valence-electron chi connectivity index (χ0n) is 19.6. The summed E-state index contributed by atoms with van der Waals surface area (Å²) in [6.07, 6.45) is 12.4. The molecule has 0 saturated carbocycles. The van der Waals surface area contributed by atoms with E-state index in [-0.39, 0.29) is 24.2 Å². The number of hydrogen-bond acceptors (Lipinski definition) is 3. The van der Waals surface area contributed by atoms with Gasteiger partial charge in [0.25, 0.3) is 0 Å². The highest BCUT2D eigenvalue weighted by atomic mass is 16.7. The zero-order chi connectivity index (χ0) is 21.6. The Morgan fingerprint density at radius 1 is 0.966 bits per heavy atom. The quantitative estimate of drug-likeness (QED) is 0.420. The lowest BCUT2D eigenvalue weighted by Crippen LogP contribution is -2.53. The summed E-state index contributed by atoms with van der Waals surface area (Å²) in [7, 11) is 0. The first-order chi connectivity index (χ1) is 13.7. The molecule has 0 radical (unpaired) electrons. The topological polar surface area (TPSA) is 38.7 Å². The summed E-state index contributed by atoms with van der Waals surface area (Å²) in [6, 6.07) is 0. The molecule has 2 heterocycles. The van der Waals surface area contributed by atoms with Crippen molar-refractivity contribution in [2.75, 3.05) is 0 Å². The molecule has 2 saturated heterocycles. The largest absolute Gasteiger partial charge is 0.393 e. The molecule has 29 heavy (non-hydrogen) atoms. The van der Waals surface area contributed by atoms with Crippen molar-refractivity contribution >= 4 is 0 Å². The fraction of sp³-hybridized carbons (Fsp3) is 0.846. The van der Waals surface area contributed by atoms with Crippen LogP contribution in [0.25, 0.3) is 0 Å². The lowest BCUT2D eigenvalue weighted by Gasteiger charge is -2.51. The molecule has 1 N–H and O–H groups in total. The molecule has 2 aliphatic rings. The Bertz CT molecular complexity index is 514. The van der Waals surface area contributed by atoms with E-state index in [9.17, 15) is 5.11 Å². The summed E-state index contributed by atoms with van der Waals surface area (Å²) in [5.74, 6) is 1.82. The van der Waals surface area contributed by atoms with Crippen LogP contribution in [0, 0.1) is 29.6 Å². The molecule has 0 amide bonds. The highest BCUT2D eigenvalue weighted by Crippen LogP contribution is 2.45. The van der Waals surface area contributed by atoms with Crippen LogP contribution in [0.4, 0.5) is 0 Å². The number of rotatable bonds is 10. The summed E-state index contributed by atoms with van der Waals surface area (Å²) in [5, 5.41) is 10.3. The Morgan fingerprint density at radius 3 is 2.24 bits per heavy atom. The maximum atomic E-state index is 10.3. The maximum absolute atomic E-state index is 10.3. The van der Waals surface area contributed by atoms with Crippen LogP contribution >= 0.6 is 0 Å². The molecular weight excluding hydrogens is 360 g/mol. The number of ether oxygens (including phenoxy) is 2. The maximum Gasteiger partial charge on any atom is 0.169 e. The Morgan fingerprint density at radius 2 is 1.62 bits per heavy atom. The summed E-state index contributed by atoms with van der Waals surface area (Å²) in [4.78, 5) is 0. The fourth-order valence-corrected chi connectivity index (χ4v) is 4.97. The van der Waals surface area contributed by atoms with Crippen LogP contribution in [-0.2, 0) is 9.47 Å². The summed E-state index contributed by atoms with van der Waals surface area (Å²) >= 11 is 0. The van der Waals surface area contributed by atoms with Crippen molar-refractivity contribution in [1.82, 2.24) is 0 Å². The number of hydrogen-bond donors (Lipinski definition) is 1. The third kappa shape index (κ3) is 6.67. The minimum Gasteiger partial charge on any atom is -0.393 e. The van der Waals surface area contributed by atoms with Gasteiger partial charge in [-0.25, -0.2) is 0 Å². The van der Waals surface area contributed by atoms with Gasteiger partial charge >= 0.3 is 0 Å². The molecule has 1 spiro atoms. The number of aliphatic hydroxyl groups is 1. The highest BCUT2D eigenvalue weighted by molar-refractivity contribution is 4.91. The van der Waals surface area contributed by atoms with Crippen LogP contribution in [0.1, 0.15) is 86.0 Å². The van der Waals surface area contributed by atoms with E-state index < -0.39 is 5.79 Å². The Balaban J connectivity index is 1.97. The SMILES string of the molecule is C=C[C@@H](C)CC[C@@H]1O[C@@]2(CC[C@H]1C)CC[C@H](C)[C@H]([C@H](C)CC[C@H](O)[C@H](C)C=C)O2. The van der Waals surface area contributed by atoms with Gasteiger partial charge in [0.05, 0.1) is 18.3 Å². The molecule has 0 aliphatic carbocycles. The minimum atomic E-state index is -0.396. The molecule has 0 aromatic carbocycles. The minimum absolute atomic E-state index is 0.139. The van der Waals surface area contributed by atoms with E-state index in [2.05, 4.69) is 40.9 Å². The van der Waals surface area contributed by atoms with Gasteiger partial charge in [0.1, 0.15) is 0 Å². The number of allylic oxidation sites excluding steroid dienone is 1. The van der Waals surface area contributed by atoms with Gasteiger partial charge in [-0.2, -0.15) is 0 Å². The predicted molar refractivity (Wildman–Crippen MR) is 122 cm³/mol. The lowest BCUT2D eigenvalue weighted by molar-refractivity contribution is -0.338. The van der Waals surface area contributed by atoms with Crippen molar-refractivity contribution in [3.63, 3.8) is 0 Å². The van der Waals surface area contributed by atoms with E-state index in [1.165, 1.54) is 6.42 Å². The Hall–Kier alpha value is -0.640. The third-order valence-electron chi connectivity index (χ3n) is 7.64. The molecular formula is C26H46O3. The van der Waals surface area contributed by atoms with Gasteiger partial charge in [-0.1, -0.05) is 46.8 Å². The summed E-state index contributed by atoms with van der Waals surface area (Å²) < 4.78 is 13.5. The number of aliphatic hydroxyl groups excluding tert-OH is 1. The normalized spacial score (nSPS) is 36.9.